The van der Waals surface area contributed by atoms with E-state index < -0.39 is 29.2 Å². The van der Waals surface area contributed by atoms with Gasteiger partial charge in [0.05, 0.1) is 0 Å². The van der Waals surface area contributed by atoms with Crippen LogP contribution in [0.1, 0.15) is 92.2 Å². The van der Waals surface area contributed by atoms with Gasteiger partial charge in [0.1, 0.15) is 23.9 Å². The number of benzene rings is 1. The molecule has 0 spiro atoms. The number of hydrogen-bond acceptors (Lipinski definition) is 5. The first-order valence-corrected chi connectivity index (χ1v) is 12.1. The van der Waals surface area contributed by atoms with Crippen LogP contribution in [0.25, 0.3) is 0 Å². The maximum atomic E-state index is 13.4. The second-order valence-corrected chi connectivity index (χ2v) is 10.6. The summed E-state index contributed by atoms with van der Waals surface area (Å²) >= 11 is 0. The average Bonchev–Trinajstić information content (AvgIpc) is 2.68. The molecule has 0 aliphatic carbocycles. The van der Waals surface area contributed by atoms with Gasteiger partial charge in [-0.25, -0.2) is 4.79 Å². The molecule has 1 rings (SSSR count). The van der Waals surface area contributed by atoms with Gasteiger partial charge in [-0.1, -0.05) is 44.7 Å². The van der Waals surface area contributed by atoms with E-state index in [2.05, 4.69) is 17.6 Å². The summed E-state index contributed by atoms with van der Waals surface area (Å²) in [6.45, 7) is 13.0. The van der Waals surface area contributed by atoms with E-state index in [1.165, 1.54) is 17.0 Å². The van der Waals surface area contributed by atoms with E-state index in [4.69, 9.17) is 4.74 Å². The Labute approximate surface area is 204 Å². The molecule has 34 heavy (non-hydrogen) atoms. The molecule has 1 unspecified atom stereocenters. The first-order chi connectivity index (χ1) is 15.7. The van der Waals surface area contributed by atoms with Crippen molar-refractivity contribution in [3.05, 3.63) is 29.8 Å². The second-order valence-electron chi connectivity index (χ2n) is 10.6. The van der Waals surface area contributed by atoms with Crippen LogP contribution in [-0.2, 0) is 14.3 Å². The smallest absolute Gasteiger partial charge is 0.408 e. The molecule has 0 saturated heterocycles. The Morgan fingerprint density at radius 3 is 2.24 bits per heavy atom. The molecule has 0 aliphatic rings. The van der Waals surface area contributed by atoms with Crippen LogP contribution < -0.4 is 10.6 Å². The molecule has 0 saturated carbocycles. The Kier molecular flexibility index (Phi) is 11.4. The van der Waals surface area contributed by atoms with E-state index in [0.717, 1.165) is 32.1 Å². The third-order valence-electron chi connectivity index (χ3n) is 4.85. The van der Waals surface area contributed by atoms with E-state index in [9.17, 15) is 19.5 Å². The Morgan fingerprint density at radius 2 is 1.68 bits per heavy atom. The maximum Gasteiger partial charge on any atom is 0.408 e. The Balaban J connectivity index is 3.20. The van der Waals surface area contributed by atoms with Crippen molar-refractivity contribution in [1.29, 1.82) is 0 Å². The minimum Gasteiger partial charge on any atom is -0.508 e. The molecule has 0 radical (unpaired) electrons. The number of phenols is 1. The highest BCUT2D eigenvalue weighted by Gasteiger charge is 2.33. The number of phenolic OH excluding ortho intramolecular Hbond substituents is 1. The number of amides is 3. The first-order valence-electron chi connectivity index (χ1n) is 12.1. The summed E-state index contributed by atoms with van der Waals surface area (Å²) in [4.78, 5) is 40.3. The monoisotopic (exact) mass is 477 g/mol. The lowest BCUT2D eigenvalue weighted by molar-refractivity contribution is -0.141. The van der Waals surface area contributed by atoms with Crippen molar-refractivity contribution in [2.24, 2.45) is 0 Å². The number of nitrogens with one attached hydrogen (secondary N) is 2. The van der Waals surface area contributed by atoms with E-state index in [1.807, 2.05) is 20.8 Å². The fourth-order valence-electron chi connectivity index (χ4n) is 3.45. The molecule has 1 aromatic rings. The van der Waals surface area contributed by atoms with Crippen LogP contribution in [-0.4, -0.2) is 52.1 Å². The fraction of sp³-hybridized carbons (Fsp3) is 0.654. The van der Waals surface area contributed by atoms with Crippen LogP contribution in [0.15, 0.2) is 24.3 Å². The number of hydrogen-bond donors (Lipinski definition) is 3. The van der Waals surface area contributed by atoms with Crippen LogP contribution in [0, 0.1) is 0 Å². The predicted octanol–water partition coefficient (Wildman–Crippen LogP) is 4.67. The van der Waals surface area contributed by atoms with E-state index in [1.54, 1.807) is 32.9 Å². The van der Waals surface area contributed by atoms with Crippen molar-refractivity contribution in [3.8, 4) is 5.75 Å². The second kappa shape index (κ2) is 13.2. The van der Waals surface area contributed by atoms with Crippen molar-refractivity contribution >= 4 is 17.9 Å². The Morgan fingerprint density at radius 1 is 1.03 bits per heavy atom. The third-order valence-corrected chi connectivity index (χ3v) is 4.85. The van der Waals surface area contributed by atoms with Crippen molar-refractivity contribution in [1.82, 2.24) is 15.5 Å². The van der Waals surface area contributed by atoms with E-state index in [-0.39, 0.29) is 18.2 Å². The van der Waals surface area contributed by atoms with Gasteiger partial charge in [0.25, 0.3) is 0 Å². The zero-order chi connectivity index (χ0) is 25.9. The van der Waals surface area contributed by atoms with Gasteiger partial charge in [-0.2, -0.15) is 0 Å². The lowest BCUT2D eigenvalue weighted by Gasteiger charge is -2.34. The van der Waals surface area contributed by atoms with E-state index >= 15 is 0 Å². The minimum absolute atomic E-state index is 0.00767. The van der Waals surface area contributed by atoms with Crippen LogP contribution in [0.4, 0.5) is 4.79 Å². The number of alkyl carbamates (subject to hydrolysis) is 1. The Hall–Kier alpha value is -2.77. The molecule has 0 aliphatic heterocycles. The lowest BCUT2D eigenvalue weighted by Crippen LogP contribution is -2.51. The van der Waals surface area contributed by atoms with Crippen LogP contribution in [0.2, 0.25) is 0 Å². The van der Waals surface area contributed by atoms with Crippen LogP contribution in [0.3, 0.4) is 0 Å². The molecule has 3 N–H and O–H groups in total. The van der Waals surface area contributed by atoms with Crippen molar-refractivity contribution in [2.75, 3.05) is 13.1 Å². The topological polar surface area (TPSA) is 108 Å². The molecular weight excluding hydrogens is 434 g/mol. The predicted molar refractivity (Wildman–Crippen MR) is 133 cm³/mol. The summed E-state index contributed by atoms with van der Waals surface area (Å²) in [7, 11) is 0. The number of carbonyl (C=O) groups excluding carboxylic acids is 3. The largest absolute Gasteiger partial charge is 0.508 e. The quantitative estimate of drug-likeness (QED) is 0.401. The van der Waals surface area contributed by atoms with Gasteiger partial charge in [0.15, 0.2) is 0 Å². The highest BCUT2D eigenvalue weighted by atomic mass is 16.6. The summed E-state index contributed by atoms with van der Waals surface area (Å²) in [5.41, 5.74) is -0.708. The highest BCUT2D eigenvalue weighted by molar-refractivity contribution is 5.90. The molecular formula is C26H43N3O5. The highest BCUT2D eigenvalue weighted by Crippen LogP contribution is 2.26. The zero-order valence-electron chi connectivity index (χ0n) is 21.9. The summed E-state index contributed by atoms with van der Waals surface area (Å²) in [5, 5.41) is 15.5. The van der Waals surface area contributed by atoms with Gasteiger partial charge in [0.2, 0.25) is 11.8 Å². The molecule has 0 heterocycles. The molecule has 1 atom stereocenters. The molecule has 3 amide bonds. The summed E-state index contributed by atoms with van der Waals surface area (Å²) in [6, 6.07) is 5.41. The van der Waals surface area contributed by atoms with Crippen LogP contribution >= 0.6 is 0 Å². The van der Waals surface area contributed by atoms with Gasteiger partial charge in [-0.3, -0.25) is 9.59 Å². The van der Waals surface area contributed by atoms with Gasteiger partial charge >= 0.3 is 6.09 Å². The molecule has 0 fully saturated rings. The minimum atomic E-state index is -0.953. The molecule has 8 nitrogen and oxygen atoms in total. The summed E-state index contributed by atoms with van der Waals surface area (Å²) < 4.78 is 5.23. The average molecular weight is 478 g/mol. The normalized spacial score (nSPS) is 12.6. The number of unbranched alkanes of at least 4 members (excludes halogenated alkanes) is 4. The van der Waals surface area contributed by atoms with Gasteiger partial charge in [-0.15, -0.1) is 0 Å². The number of carbonyl (C=O) groups is 3. The van der Waals surface area contributed by atoms with Crippen molar-refractivity contribution < 1.29 is 24.2 Å². The first kappa shape index (κ1) is 29.3. The summed E-state index contributed by atoms with van der Waals surface area (Å²) in [5.74, 6) is -0.746. The molecule has 8 heteroatoms. The van der Waals surface area contributed by atoms with Gasteiger partial charge in [-0.05, 0) is 65.7 Å². The molecule has 192 valence electrons. The van der Waals surface area contributed by atoms with Crippen molar-refractivity contribution in [2.45, 2.75) is 97.8 Å². The molecule has 0 aromatic heterocycles. The maximum absolute atomic E-state index is 13.4. The standard InChI is InChI=1S/C26H43N3O5/c1-8-9-10-11-12-16-29(21(31)18-27-24(33)34-26(5,6)7)22(23(32)28-25(2,3)4)19-14-13-15-20(30)17-19/h13-15,17,22,30H,8-12,16,18H2,1-7H3,(H,27,33)(H,28,32). The Bertz CT molecular complexity index is 811. The van der Waals surface area contributed by atoms with Crippen molar-refractivity contribution in [3.63, 3.8) is 0 Å². The number of ether oxygens (including phenoxy) is 1. The number of rotatable bonds is 11. The summed E-state index contributed by atoms with van der Waals surface area (Å²) in [6.07, 6.45) is 4.19. The SMILES string of the molecule is CCCCCCCN(C(=O)CNC(=O)OC(C)(C)C)C(C(=O)NC(C)(C)C)c1cccc(O)c1. The van der Waals surface area contributed by atoms with Gasteiger partial charge in [0, 0.05) is 12.1 Å². The zero-order valence-corrected chi connectivity index (χ0v) is 21.9. The number of aromatic hydroxyl groups is 1. The fourth-order valence-corrected chi connectivity index (χ4v) is 3.45. The molecule has 0 bridgehead atoms. The molecule has 1 aromatic carbocycles. The van der Waals surface area contributed by atoms with Gasteiger partial charge < -0.3 is 25.4 Å². The number of nitrogens with zero attached hydrogens (tertiary/aromatic N) is 1. The lowest BCUT2D eigenvalue weighted by atomic mass is 10.0. The third kappa shape index (κ3) is 11.4. The van der Waals surface area contributed by atoms with Crippen LogP contribution in [0.5, 0.6) is 5.75 Å². The van der Waals surface area contributed by atoms with E-state index in [0.29, 0.717) is 12.1 Å².